The van der Waals surface area contributed by atoms with Gasteiger partial charge in [-0.15, -0.1) is 0 Å². The highest BCUT2D eigenvalue weighted by Gasteiger charge is 2.09. The fourth-order valence-corrected chi connectivity index (χ4v) is 2.32. The number of rotatable bonds is 5. The zero-order valence-electron chi connectivity index (χ0n) is 14.2. The van der Waals surface area contributed by atoms with Crippen molar-refractivity contribution < 1.29 is 29.3 Å². The lowest BCUT2D eigenvalue weighted by Crippen LogP contribution is -2.37. The Bertz CT molecular complexity index is 508. The van der Waals surface area contributed by atoms with Gasteiger partial charge in [0.15, 0.2) is 0 Å². The van der Waals surface area contributed by atoms with Crippen LogP contribution in [0.1, 0.15) is 17.5 Å². The molecule has 1 saturated heterocycles. The standard InChI is InChI=1S/C15H23NO2.C2H2O4/c1-13-10-14(2)12-15(11-13)18-7-3-4-16-5-8-17-9-6-16;3-1(4)2(5)6/h10-12H,3-9H2,1-2H3;(H,3,4)(H,5,6). The van der Waals surface area contributed by atoms with E-state index in [1.54, 1.807) is 0 Å². The molecule has 0 saturated carbocycles. The zero-order chi connectivity index (χ0) is 17.9. The summed E-state index contributed by atoms with van der Waals surface area (Å²) in [6.45, 7) is 9.97. The maximum Gasteiger partial charge on any atom is 0.414 e. The topological polar surface area (TPSA) is 96.3 Å². The molecule has 7 nitrogen and oxygen atoms in total. The van der Waals surface area contributed by atoms with Crippen molar-refractivity contribution in [2.75, 3.05) is 39.5 Å². The van der Waals surface area contributed by atoms with Gasteiger partial charge in [-0.25, -0.2) is 9.59 Å². The fraction of sp³-hybridized carbons (Fsp3) is 0.529. The summed E-state index contributed by atoms with van der Waals surface area (Å²) in [7, 11) is 0. The van der Waals surface area contributed by atoms with Crippen LogP contribution in [0, 0.1) is 13.8 Å². The van der Waals surface area contributed by atoms with Gasteiger partial charge in [0.05, 0.1) is 19.8 Å². The molecule has 2 N–H and O–H groups in total. The van der Waals surface area contributed by atoms with E-state index in [4.69, 9.17) is 29.3 Å². The summed E-state index contributed by atoms with van der Waals surface area (Å²) in [4.78, 5) is 20.6. The normalized spacial score (nSPS) is 14.4. The number of carbonyl (C=O) groups is 2. The number of hydrogen-bond acceptors (Lipinski definition) is 5. The predicted molar refractivity (Wildman–Crippen MR) is 88.6 cm³/mol. The first kappa shape index (κ1) is 19.9. The first-order valence-electron chi connectivity index (χ1n) is 7.86. The summed E-state index contributed by atoms with van der Waals surface area (Å²) in [6.07, 6.45) is 1.08. The molecule has 0 aromatic heterocycles. The van der Waals surface area contributed by atoms with Gasteiger partial charge in [-0.1, -0.05) is 6.07 Å². The van der Waals surface area contributed by atoms with Gasteiger partial charge >= 0.3 is 11.9 Å². The molecule has 7 heteroatoms. The second-order valence-electron chi connectivity index (χ2n) is 5.59. The largest absolute Gasteiger partial charge is 0.494 e. The molecule has 1 aliphatic heterocycles. The highest BCUT2D eigenvalue weighted by molar-refractivity contribution is 6.27. The third-order valence-corrected chi connectivity index (χ3v) is 3.37. The Kier molecular flexibility index (Phi) is 8.81. The number of ether oxygens (including phenoxy) is 2. The lowest BCUT2D eigenvalue weighted by atomic mass is 10.1. The Hall–Kier alpha value is -2.12. The van der Waals surface area contributed by atoms with Crippen LogP contribution < -0.4 is 4.74 Å². The average Bonchev–Trinajstić information content (AvgIpc) is 2.52. The first-order chi connectivity index (χ1) is 11.4. The van der Waals surface area contributed by atoms with Gasteiger partial charge in [0.1, 0.15) is 5.75 Å². The molecule has 0 unspecified atom stereocenters. The molecular weight excluding hydrogens is 314 g/mol. The summed E-state index contributed by atoms with van der Waals surface area (Å²) in [5, 5.41) is 14.8. The maximum atomic E-state index is 9.10. The fourth-order valence-electron chi connectivity index (χ4n) is 2.32. The number of benzene rings is 1. The molecule has 1 fully saturated rings. The van der Waals surface area contributed by atoms with E-state index < -0.39 is 11.9 Å². The molecular formula is C17H25NO6. The SMILES string of the molecule is Cc1cc(C)cc(OCCCN2CCOCC2)c1.O=C(O)C(=O)O. The number of aliphatic carboxylic acids is 2. The Morgan fingerprint density at radius 1 is 1.08 bits per heavy atom. The molecule has 2 rings (SSSR count). The molecule has 0 bridgehead atoms. The van der Waals surface area contributed by atoms with E-state index in [-0.39, 0.29) is 0 Å². The number of hydrogen-bond donors (Lipinski definition) is 2. The van der Waals surface area contributed by atoms with E-state index in [1.807, 2.05) is 0 Å². The minimum atomic E-state index is -1.82. The van der Waals surface area contributed by atoms with Crippen LogP contribution in [0.3, 0.4) is 0 Å². The molecule has 0 spiro atoms. The first-order valence-corrected chi connectivity index (χ1v) is 7.86. The molecule has 1 aromatic rings. The van der Waals surface area contributed by atoms with Crippen LogP contribution in [-0.4, -0.2) is 66.5 Å². The monoisotopic (exact) mass is 339 g/mol. The lowest BCUT2D eigenvalue weighted by molar-refractivity contribution is -0.159. The van der Waals surface area contributed by atoms with Crippen molar-refractivity contribution in [3.63, 3.8) is 0 Å². The van der Waals surface area contributed by atoms with Gasteiger partial charge in [-0.3, -0.25) is 4.90 Å². The van der Waals surface area contributed by atoms with Gasteiger partial charge in [0.2, 0.25) is 0 Å². The summed E-state index contributed by atoms with van der Waals surface area (Å²) in [6, 6.07) is 6.37. The second-order valence-corrected chi connectivity index (χ2v) is 5.59. The number of nitrogens with zero attached hydrogens (tertiary/aromatic N) is 1. The number of morpholine rings is 1. The van der Waals surface area contributed by atoms with Crippen molar-refractivity contribution in [2.45, 2.75) is 20.3 Å². The highest BCUT2D eigenvalue weighted by Crippen LogP contribution is 2.16. The average molecular weight is 339 g/mol. The van der Waals surface area contributed by atoms with Gasteiger partial charge in [0.25, 0.3) is 0 Å². The molecule has 0 aliphatic carbocycles. The smallest absolute Gasteiger partial charge is 0.414 e. The lowest BCUT2D eigenvalue weighted by Gasteiger charge is -2.26. The molecule has 24 heavy (non-hydrogen) atoms. The second kappa shape index (κ2) is 10.6. The van der Waals surface area contributed by atoms with Crippen molar-refractivity contribution in [2.24, 2.45) is 0 Å². The minimum absolute atomic E-state index is 0.792. The Morgan fingerprint density at radius 3 is 2.12 bits per heavy atom. The molecule has 1 heterocycles. The van der Waals surface area contributed by atoms with Gasteiger partial charge in [-0.2, -0.15) is 0 Å². The van der Waals surface area contributed by atoms with E-state index in [9.17, 15) is 0 Å². The van der Waals surface area contributed by atoms with Crippen LogP contribution in [0.2, 0.25) is 0 Å². The Labute approximate surface area is 141 Å². The zero-order valence-corrected chi connectivity index (χ0v) is 14.2. The van der Waals surface area contributed by atoms with Crippen LogP contribution in [0.5, 0.6) is 5.75 Å². The van der Waals surface area contributed by atoms with Crippen molar-refractivity contribution in [3.8, 4) is 5.75 Å². The van der Waals surface area contributed by atoms with Crippen molar-refractivity contribution in [3.05, 3.63) is 29.3 Å². The third kappa shape index (κ3) is 8.50. The van der Waals surface area contributed by atoms with E-state index in [0.717, 1.165) is 51.6 Å². The highest BCUT2D eigenvalue weighted by atomic mass is 16.5. The molecule has 1 aliphatic rings. The van der Waals surface area contributed by atoms with Gasteiger partial charge in [-0.05, 0) is 43.5 Å². The van der Waals surface area contributed by atoms with Crippen LogP contribution in [0.15, 0.2) is 18.2 Å². The van der Waals surface area contributed by atoms with E-state index in [2.05, 4.69) is 36.9 Å². The van der Waals surface area contributed by atoms with E-state index in [0.29, 0.717) is 0 Å². The summed E-state index contributed by atoms with van der Waals surface area (Å²) >= 11 is 0. The molecule has 0 atom stereocenters. The number of aryl methyl sites for hydroxylation is 2. The third-order valence-electron chi connectivity index (χ3n) is 3.37. The Balaban J connectivity index is 0.000000413. The van der Waals surface area contributed by atoms with Crippen LogP contribution in [0.25, 0.3) is 0 Å². The molecule has 0 radical (unpaired) electrons. The predicted octanol–water partition coefficient (Wildman–Crippen LogP) is 1.56. The van der Waals surface area contributed by atoms with Gasteiger partial charge < -0.3 is 19.7 Å². The molecule has 134 valence electrons. The van der Waals surface area contributed by atoms with Gasteiger partial charge in [0, 0.05) is 19.6 Å². The van der Waals surface area contributed by atoms with E-state index >= 15 is 0 Å². The van der Waals surface area contributed by atoms with Crippen LogP contribution in [-0.2, 0) is 14.3 Å². The number of carboxylic acid groups (broad SMARTS) is 2. The summed E-state index contributed by atoms with van der Waals surface area (Å²) in [5.41, 5.74) is 2.52. The minimum Gasteiger partial charge on any atom is -0.494 e. The maximum absolute atomic E-state index is 9.10. The van der Waals surface area contributed by atoms with Crippen LogP contribution >= 0.6 is 0 Å². The van der Waals surface area contributed by atoms with Crippen LogP contribution in [0.4, 0.5) is 0 Å². The molecule has 0 amide bonds. The molecule has 1 aromatic carbocycles. The quantitative estimate of drug-likeness (QED) is 0.621. The summed E-state index contributed by atoms with van der Waals surface area (Å²) < 4.78 is 11.1. The summed E-state index contributed by atoms with van der Waals surface area (Å²) in [5.74, 6) is -2.65. The van der Waals surface area contributed by atoms with Crippen molar-refractivity contribution in [1.82, 2.24) is 4.90 Å². The van der Waals surface area contributed by atoms with E-state index in [1.165, 1.54) is 11.1 Å². The van der Waals surface area contributed by atoms with Crippen molar-refractivity contribution in [1.29, 1.82) is 0 Å². The Morgan fingerprint density at radius 2 is 1.62 bits per heavy atom. The number of carboxylic acids is 2. The van der Waals surface area contributed by atoms with Crippen molar-refractivity contribution >= 4 is 11.9 Å².